The Labute approximate surface area is 149 Å². The van der Waals surface area contributed by atoms with Crippen molar-refractivity contribution in [2.75, 3.05) is 26.8 Å². The number of nitrogens with zero attached hydrogens (tertiary/aromatic N) is 1. The van der Waals surface area contributed by atoms with E-state index in [9.17, 15) is 4.79 Å². The van der Waals surface area contributed by atoms with Gasteiger partial charge in [-0.2, -0.15) is 0 Å². The van der Waals surface area contributed by atoms with Crippen LogP contribution in [0.4, 0.5) is 0 Å². The summed E-state index contributed by atoms with van der Waals surface area (Å²) in [7, 11) is 1.36. The average molecular weight is 339 g/mol. The third kappa shape index (κ3) is 5.07. The van der Waals surface area contributed by atoms with Crippen molar-refractivity contribution < 1.29 is 14.3 Å². The molecule has 0 bridgehead atoms. The van der Waals surface area contributed by atoms with Crippen molar-refractivity contribution >= 4 is 5.97 Å². The van der Waals surface area contributed by atoms with Crippen molar-refractivity contribution in [1.29, 1.82) is 0 Å². The van der Waals surface area contributed by atoms with Gasteiger partial charge in [0.15, 0.2) is 6.61 Å². The summed E-state index contributed by atoms with van der Waals surface area (Å²) >= 11 is 0. The second kappa shape index (κ2) is 8.67. The first-order valence-electron chi connectivity index (χ1n) is 8.80. The number of carbonyl (C=O) groups excluding carboxylic acids is 1. The number of likely N-dealkylation sites (tertiary alicyclic amines) is 1. The molecule has 0 saturated carbocycles. The van der Waals surface area contributed by atoms with Crippen molar-refractivity contribution in [3.8, 4) is 5.75 Å². The fourth-order valence-corrected chi connectivity index (χ4v) is 3.35. The first-order chi connectivity index (χ1) is 12.2. The van der Waals surface area contributed by atoms with Crippen molar-refractivity contribution in [1.82, 2.24) is 4.90 Å². The van der Waals surface area contributed by atoms with Crippen molar-refractivity contribution in [3.63, 3.8) is 0 Å². The van der Waals surface area contributed by atoms with E-state index < -0.39 is 0 Å². The number of carbonyl (C=O) groups is 1. The Hall–Kier alpha value is -2.33. The molecule has 132 valence electrons. The summed E-state index contributed by atoms with van der Waals surface area (Å²) in [6.45, 7) is 3.20. The number of rotatable bonds is 6. The lowest BCUT2D eigenvalue weighted by molar-refractivity contribution is -0.142. The molecule has 1 atom stereocenters. The van der Waals surface area contributed by atoms with Crippen LogP contribution in [0.5, 0.6) is 5.75 Å². The molecule has 1 fully saturated rings. The quantitative estimate of drug-likeness (QED) is 0.754. The lowest BCUT2D eigenvalue weighted by atomic mass is 9.90. The van der Waals surface area contributed by atoms with Crippen LogP contribution >= 0.6 is 0 Å². The van der Waals surface area contributed by atoms with E-state index in [1.165, 1.54) is 31.1 Å². The molecule has 0 amide bonds. The van der Waals surface area contributed by atoms with Crippen molar-refractivity contribution in [2.45, 2.75) is 25.3 Å². The van der Waals surface area contributed by atoms with Gasteiger partial charge in [-0.15, -0.1) is 0 Å². The maximum absolute atomic E-state index is 11.1. The van der Waals surface area contributed by atoms with Gasteiger partial charge in [0.25, 0.3) is 0 Å². The summed E-state index contributed by atoms with van der Waals surface area (Å²) in [4.78, 5) is 13.7. The fourth-order valence-electron chi connectivity index (χ4n) is 3.35. The number of benzene rings is 2. The summed E-state index contributed by atoms with van der Waals surface area (Å²) in [6.07, 6.45) is 2.44. The minimum atomic E-state index is -0.368. The molecule has 4 heteroatoms. The van der Waals surface area contributed by atoms with Crippen molar-refractivity contribution in [2.24, 2.45) is 0 Å². The zero-order valence-corrected chi connectivity index (χ0v) is 14.7. The molecule has 2 aromatic rings. The number of methoxy groups -OCH3 is 1. The highest BCUT2D eigenvalue weighted by Crippen LogP contribution is 2.29. The van der Waals surface area contributed by atoms with Crippen molar-refractivity contribution in [3.05, 3.63) is 65.7 Å². The lowest BCUT2D eigenvalue weighted by Crippen LogP contribution is -2.33. The molecule has 1 heterocycles. The molecule has 3 rings (SSSR count). The van der Waals surface area contributed by atoms with E-state index in [1.807, 2.05) is 12.1 Å². The maximum Gasteiger partial charge on any atom is 0.343 e. The molecule has 1 aliphatic rings. The fraction of sp³-hybridized carbons (Fsp3) is 0.381. The lowest BCUT2D eigenvalue weighted by Gasteiger charge is -2.33. The Kier molecular flexibility index (Phi) is 6.07. The summed E-state index contributed by atoms with van der Waals surface area (Å²) in [5.41, 5.74) is 2.71. The molecule has 2 aromatic carbocycles. The number of hydrogen-bond acceptors (Lipinski definition) is 4. The molecular formula is C21H25NO3. The van der Waals surface area contributed by atoms with E-state index in [2.05, 4.69) is 52.1 Å². The topological polar surface area (TPSA) is 38.8 Å². The Morgan fingerprint density at radius 2 is 1.88 bits per heavy atom. The van der Waals surface area contributed by atoms with Crippen LogP contribution in [0.3, 0.4) is 0 Å². The highest BCUT2D eigenvalue weighted by Gasteiger charge is 2.21. The van der Waals surface area contributed by atoms with Crippen LogP contribution < -0.4 is 4.74 Å². The van der Waals surface area contributed by atoms with Gasteiger partial charge in [-0.25, -0.2) is 4.79 Å². The highest BCUT2D eigenvalue weighted by molar-refractivity contribution is 5.70. The largest absolute Gasteiger partial charge is 0.482 e. The predicted molar refractivity (Wildman–Crippen MR) is 97.6 cm³/mol. The van der Waals surface area contributed by atoms with Crippen LogP contribution in [-0.4, -0.2) is 37.7 Å². The predicted octanol–water partition coefficient (Wildman–Crippen LogP) is 3.62. The molecule has 0 aromatic heterocycles. The first kappa shape index (κ1) is 17.5. The molecule has 0 N–H and O–H groups in total. The SMILES string of the molecule is COC(=O)COc1ccc(C2CCCN(Cc3ccccc3)C2)cc1. The van der Waals surface area contributed by atoms with Crippen LogP contribution in [0.1, 0.15) is 29.9 Å². The van der Waals surface area contributed by atoms with Gasteiger partial charge < -0.3 is 9.47 Å². The molecule has 0 aliphatic carbocycles. The molecule has 1 saturated heterocycles. The Balaban J connectivity index is 1.56. The number of esters is 1. The number of hydrogen-bond donors (Lipinski definition) is 0. The number of ether oxygens (including phenoxy) is 2. The van der Waals surface area contributed by atoms with Crippen LogP contribution in [0.25, 0.3) is 0 Å². The van der Waals surface area contributed by atoms with Gasteiger partial charge in [0.05, 0.1) is 7.11 Å². The number of piperidine rings is 1. The van der Waals surface area contributed by atoms with E-state index in [1.54, 1.807) is 0 Å². The summed E-state index contributed by atoms with van der Waals surface area (Å²) in [5.74, 6) is 0.881. The molecule has 1 aliphatic heterocycles. The van der Waals surface area contributed by atoms with E-state index in [-0.39, 0.29) is 12.6 Å². The normalized spacial score (nSPS) is 17.9. The third-order valence-electron chi connectivity index (χ3n) is 4.69. The molecule has 0 radical (unpaired) electrons. The summed E-state index contributed by atoms with van der Waals surface area (Å²) in [6, 6.07) is 18.8. The van der Waals surface area contributed by atoms with Gasteiger partial charge in [-0.05, 0) is 48.6 Å². The molecule has 0 spiro atoms. The van der Waals surface area contributed by atoms with E-state index in [4.69, 9.17) is 4.74 Å². The zero-order chi connectivity index (χ0) is 17.5. The zero-order valence-electron chi connectivity index (χ0n) is 14.7. The molecular weight excluding hydrogens is 314 g/mol. The minimum Gasteiger partial charge on any atom is -0.482 e. The Bertz CT molecular complexity index is 669. The smallest absolute Gasteiger partial charge is 0.343 e. The van der Waals surface area contributed by atoms with Crippen LogP contribution in [0.15, 0.2) is 54.6 Å². The summed E-state index contributed by atoms with van der Waals surface area (Å²) in [5, 5.41) is 0. The standard InChI is InChI=1S/C21H25NO3/c1-24-21(23)16-25-20-11-9-18(10-12-20)19-8-5-13-22(15-19)14-17-6-3-2-4-7-17/h2-4,6-7,9-12,19H,5,8,13-16H2,1H3. The van der Waals surface area contributed by atoms with Gasteiger partial charge >= 0.3 is 5.97 Å². The third-order valence-corrected chi connectivity index (χ3v) is 4.69. The van der Waals surface area contributed by atoms with Crippen LogP contribution in [0, 0.1) is 0 Å². The van der Waals surface area contributed by atoms with E-state index in [0.29, 0.717) is 11.7 Å². The highest BCUT2D eigenvalue weighted by atomic mass is 16.6. The van der Waals surface area contributed by atoms with Gasteiger partial charge in [0.2, 0.25) is 0 Å². The monoisotopic (exact) mass is 339 g/mol. The van der Waals surface area contributed by atoms with Crippen LogP contribution in [0.2, 0.25) is 0 Å². The van der Waals surface area contributed by atoms with Gasteiger partial charge in [-0.1, -0.05) is 42.5 Å². The van der Waals surface area contributed by atoms with E-state index in [0.717, 1.165) is 19.6 Å². The Morgan fingerprint density at radius 3 is 2.60 bits per heavy atom. The van der Waals surface area contributed by atoms with Gasteiger partial charge in [0, 0.05) is 13.1 Å². The summed E-state index contributed by atoms with van der Waals surface area (Å²) < 4.78 is 10.00. The van der Waals surface area contributed by atoms with Gasteiger partial charge in [0.1, 0.15) is 5.75 Å². The van der Waals surface area contributed by atoms with Gasteiger partial charge in [-0.3, -0.25) is 4.90 Å². The second-order valence-electron chi connectivity index (χ2n) is 6.49. The molecule has 4 nitrogen and oxygen atoms in total. The minimum absolute atomic E-state index is 0.0515. The Morgan fingerprint density at radius 1 is 1.12 bits per heavy atom. The second-order valence-corrected chi connectivity index (χ2v) is 6.49. The molecule has 25 heavy (non-hydrogen) atoms. The first-order valence-corrected chi connectivity index (χ1v) is 8.80. The average Bonchev–Trinajstić information content (AvgIpc) is 2.67. The molecule has 1 unspecified atom stereocenters. The van der Waals surface area contributed by atoms with E-state index >= 15 is 0 Å². The maximum atomic E-state index is 11.1. The van der Waals surface area contributed by atoms with Crippen LogP contribution in [-0.2, 0) is 16.1 Å².